The predicted molar refractivity (Wildman–Crippen MR) is 123 cm³/mol. The Labute approximate surface area is 193 Å². The van der Waals surface area contributed by atoms with Gasteiger partial charge in [-0.15, -0.1) is 0 Å². The first-order valence-electron chi connectivity index (χ1n) is 11.2. The van der Waals surface area contributed by atoms with Crippen LogP contribution in [-0.2, 0) is 14.3 Å². The van der Waals surface area contributed by atoms with Crippen LogP contribution >= 0.6 is 0 Å². The van der Waals surface area contributed by atoms with Gasteiger partial charge in [0.1, 0.15) is 12.6 Å². The molecule has 0 saturated carbocycles. The Hall–Kier alpha value is -3.39. The van der Waals surface area contributed by atoms with Crippen molar-refractivity contribution in [1.82, 2.24) is 10.6 Å². The lowest BCUT2D eigenvalue weighted by atomic mass is 9.98. The molecule has 0 radical (unpaired) electrons. The zero-order valence-electron chi connectivity index (χ0n) is 18.5. The molecule has 8 nitrogen and oxygen atoms in total. The molecule has 0 aromatic heterocycles. The maximum Gasteiger partial charge on any atom is 0.407 e. The van der Waals surface area contributed by atoms with Crippen molar-refractivity contribution < 1.29 is 29.3 Å². The third-order valence-corrected chi connectivity index (χ3v) is 5.73. The molecule has 1 aliphatic rings. The third-order valence-electron chi connectivity index (χ3n) is 5.73. The molecule has 2 aromatic rings. The van der Waals surface area contributed by atoms with Crippen LogP contribution < -0.4 is 10.6 Å². The average Bonchev–Trinajstić information content (AvgIpc) is 3.13. The smallest absolute Gasteiger partial charge is 0.407 e. The average molecular weight is 455 g/mol. The van der Waals surface area contributed by atoms with Gasteiger partial charge in [0.05, 0.1) is 0 Å². The van der Waals surface area contributed by atoms with Crippen LogP contribution in [0.1, 0.15) is 49.1 Å². The number of fused-ring (bicyclic) bond motifs is 3. The number of aliphatic hydroxyl groups is 1. The van der Waals surface area contributed by atoms with Gasteiger partial charge in [-0.3, -0.25) is 9.59 Å². The van der Waals surface area contributed by atoms with Crippen LogP contribution in [0.15, 0.2) is 48.5 Å². The summed E-state index contributed by atoms with van der Waals surface area (Å²) in [6.07, 6.45) is 1.03. The molecule has 2 aromatic carbocycles. The van der Waals surface area contributed by atoms with E-state index in [9.17, 15) is 14.4 Å². The number of benzene rings is 2. The number of hydrogen-bond acceptors (Lipinski definition) is 5. The number of nitrogens with one attached hydrogen (secondary N) is 2. The molecule has 8 heteroatoms. The number of hydrogen-bond donors (Lipinski definition) is 4. The van der Waals surface area contributed by atoms with Crippen molar-refractivity contribution in [3.63, 3.8) is 0 Å². The molecule has 0 heterocycles. The molecular weight excluding hydrogens is 424 g/mol. The fourth-order valence-electron chi connectivity index (χ4n) is 4.07. The Balaban J connectivity index is 1.58. The Bertz CT molecular complexity index is 931. The van der Waals surface area contributed by atoms with E-state index in [1.165, 1.54) is 0 Å². The summed E-state index contributed by atoms with van der Waals surface area (Å²) >= 11 is 0. The quantitative estimate of drug-likeness (QED) is 0.365. The van der Waals surface area contributed by atoms with Gasteiger partial charge in [0, 0.05) is 25.5 Å². The van der Waals surface area contributed by atoms with Crippen molar-refractivity contribution >= 4 is 18.0 Å². The molecule has 4 N–H and O–H groups in total. The predicted octanol–water partition coefficient (Wildman–Crippen LogP) is 3.04. The number of alkyl carbamates (subject to hydrolysis) is 1. The van der Waals surface area contributed by atoms with E-state index in [-0.39, 0.29) is 32.0 Å². The topological polar surface area (TPSA) is 125 Å². The number of carbonyl (C=O) groups excluding carboxylic acids is 2. The van der Waals surface area contributed by atoms with Gasteiger partial charge in [-0.05, 0) is 47.9 Å². The third kappa shape index (κ3) is 6.55. The number of aliphatic carboxylic acids is 1. The zero-order valence-corrected chi connectivity index (χ0v) is 18.5. The minimum Gasteiger partial charge on any atom is -0.481 e. The van der Waals surface area contributed by atoms with Crippen molar-refractivity contribution in [2.75, 3.05) is 19.8 Å². The molecule has 0 aliphatic heterocycles. The molecule has 2 amide bonds. The molecular formula is C25H30N2O6. The van der Waals surface area contributed by atoms with Crippen LogP contribution in [0.3, 0.4) is 0 Å². The lowest BCUT2D eigenvalue weighted by Gasteiger charge is -2.19. The van der Waals surface area contributed by atoms with Crippen LogP contribution in [0.4, 0.5) is 4.79 Å². The molecule has 1 aliphatic carbocycles. The normalized spacial score (nSPS) is 13.0. The first-order valence-corrected chi connectivity index (χ1v) is 11.2. The molecule has 0 bridgehead atoms. The lowest BCUT2D eigenvalue weighted by Crippen LogP contribution is -2.47. The van der Waals surface area contributed by atoms with Crippen LogP contribution in [0, 0.1) is 0 Å². The van der Waals surface area contributed by atoms with E-state index in [0.29, 0.717) is 19.4 Å². The van der Waals surface area contributed by atoms with E-state index in [4.69, 9.17) is 14.9 Å². The number of amides is 2. The van der Waals surface area contributed by atoms with Gasteiger partial charge < -0.3 is 25.6 Å². The lowest BCUT2D eigenvalue weighted by molar-refractivity contribution is -0.137. The monoisotopic (exact) mass is 454 g/mol. The summed E-state index contributed by atoms with van der Waals surface area (Å²) in [7, 11) is 0. The minimum atomic E-state index is -1.05. The largest absolute Gasteiger partial charge is 0.481 e. The summed E-state index contributed by atoms with van der Waals surface area (Å²) in [4.78, 5) is 36.0. The van der Waals surface area contributed by atoms with Crippen molar-refractivity contribution in [1.29, 1.82) is 0 Å². The Morgan fingerprint density at radius 1 is 0.939 bits per heavy atom. The number of carbonyl (C=O) groups is 3. The molecule has 3 rings (SSSR count). The van der Waals surface area contributed by atoms with Gasteiger partial charge in [-0.2, -0.15) is 0 Å². The fourth-order valence-corrected chi connectivity index (χ4v) is 4.07. The molecule has 0 spiro atoms. The van der Waals surface area contributed by atoms with Gasteiger partial charge in [0.25, 0.3) is 0 Å². The maximum absolute atomic E-state index is 12.5. The van der Waals surface area contributed by atoms with Gasteiger partial charge >= 0.3 is 12.1 Å². The van der Waals surface area contributed by atoms with Crippen molar-refractivity contribution in [2.45, 2.75) is 44.1 Å². The van der Waals surface area contributed by atoms with Gasteiger partial charge in [0.2, 0.25) is 5.91 Å². The van der Waals surface area contributed by atoms with Gasteiger partial charge in [0.15, 0.2) is 0 Å². The number of aliphatic hydroxyl groups excluding tert-OH is 1. The van der Waals surface area contributed by atoms with Crippen LogP contribution in [0.2, 0.25) is 0 Å². The Kier molecular flexibility index (Phi) is 8.83. The second kappa shape index (κ2) is 12.0. The summed E-state index contributed by atoms with van der Waals surface area (Å²) < 4.78 is 5.48. The summed E-state index contributed by atoms with van der Waals surface area (Å²) in [5.74, 6) is -1.61. The van der Waals surface area contributed by atoms with Crippen LogP contribution in [-0.4, -0.2) is 54.0 Å². The first-order chi connectivity index (χ1) is 16.0. The standard InChI is InChI=1S/C25H30N2O6/c28-15-7-1-6-14-26-24(31)22(12-13-23(29)30)27-25(32)33-16-21-19-10-4-2-8-17(19)18-9-3-5-11-20(18)21/h2-5,8-11,21-22,28H,1,6-7,12-16H2,(H,26,31)(H,27,32)(H,29,30). The summed E-state index contributed by atoms with van der Waals surface area (Å²) in [5.41, 5.74) is 4.38. The van der Waals surface area contributed by atoms with E-state index in [1.807, 2.05) is 48.5 Å². The van der Waals surface area contributed by atoms with Gasteiger partial charge in [-0.1, -0.05) is 48.5 Å². The maximum atomic E-state index is 12.5. The van der Waals surface area contributed by atoms with Crippen molar-refractivity contribution in [3.05, 3.63) is 59.7 Å². The van der Waals surface area contributed by atoms with Crippen molar-refractivity contribution in [2.24, 2.45) is 0 Å². The highest BCUT2D eigenvalue weighted by Crippen LogP contribution is 2.44. The summed E-state index contributed by atoms with van der Waals surface area (Å²) in [6.45, 7) is 0.585. The van der Waals surface area contributed by atoms with E-state index in [1.54, 1.807) is 0 Å². The molecule has 0 saturated heterocycles. The van der Waals surface area contributed by atoms with Crippen LogP contribution in [0.5, 0.6) is 0 Å². The molecule has 1 atom stereocenters. The SMILES string of the molecule is O=C(O)CCC(NC(=O)OCC1c2ccccc2-c2ccccc21)C(=O)NCCCCCO. The highest BCUT2D eigenvalue weighted by atomic mass is 16.5. The number of ether oxygens (including phenoxy) is 1. The van der Waals surface area contributed by atoms with Crippen LogP contribution in [0.25, 0.3) is 11.1 Å². The molecule has 176 valence electrons. The summed E-state index contributed by atoms with van der Waals surface area (Å²) in [5, 5.41) is 23.0. The number of carboxylic acid groups (broad SMARTS) is 1. The van der Waals surface area contributed by atoms with E-state index >= 15 is 0 Å². The second-order valence-electron chi connectivity index (χ2n) is 8.03. The van der Waals surface area contributed by atoms with E-state index in [0.717, 1.165) is 28.7 Å². The second-order valence-corrected chi connectivity index (χ2v) is 8.03. The highest BCUT2D eigenvalue weighted by Gasteiger charge is 2.29. The summed E-state index contributed by atoms with van der Waals surface area (Å²) in [6, 6.07) is 15.0. The number of unbranched alkanes of at least 4 members (excludes halogenated alkanes) is 2. The Morgan fingerprint density at radius 2 is 1.58 bits per heavy atom. The zero-order chi connectivity index (χ0) is 23.6. The Morgan fingerprint density at radius 3 is 2.18 bits per heavy atom. The van der Waals surface area contributed by atoms with E-state index in [2.05, 4.69) is 10.6 Å². The first kappa shape index (κ1) is 24.3. The number of carboxylic acids is 1. The van der Waals surface area contributed by atoms with Gasteiger partial charge in [-0.25, -0.2) is 4.79 Å². The van der Waals surface area contributed by atoms with E-state index < -0.39 is 24.0 Å². The highest BCUT2D eigenvalue weighted by molar-refractivity contribution is 5.86. The molecule has 33 heavy (non-hydrogen) atoms. The van der Waals surface area contributed by atoms with Crippen molar-refractivity contribution in [3.8, 4) is 11.1 Å². The molecule has 0 fully saturated rings. The minimum absolute atomic E-state index is 0.0397. The molecule has 1 unspecified atom stereocenters. The number of rotatable bonds is 12. The fraction of sp³-hybridized carbons (Fsp3) is 0.400.